The zero-order valence-electron chi connectivity index (χ0n) is 27.4. The quantitative estimate of drug-likeness (QED) is 0.147. The molecule has 0 aliphatic rings. The van der Waals surface area contributed by atoms with Crippen molar-refractivity contribution in [3.05, 3.63) is 59.7 Å². The molecule has 0 aliphatic heterocycles. The van der Waals surface area contributed by atoms with Crippen LogP contribution < -0.4 is 15.7 Å². The molecule has 4 N–H and O–H groups in total. The maximum absolute atomic E-state index is 11.8. The van der Waals surface area contributed by atoms with E-state index in [4.69, 9.17) is 29.6 Å². The summed E-state index contributed by atoms with van der Waals surface area (Å²) in [5, 5.41) is 25.8. The number of carbonyl (C=O) groups excluding carboxylic acids is 3. The Morgan fingerprint density at radius 3 is 1.39 bits per heavy atom. The molecule has 0 radical (unpaired) electrons. The number of carbonyl (C=O) groups is 3. The Labute approximate surface area is 275 Å². The van der Waals surface area contributed by atoms with Crippen LogP contribution in [-0.4, -0.2) is 72.8 Å². The molecule has 0 aliphatic carbocycles. The fourth-order valence-electron chi connectivity index (χ4n) is 3.41. The summed E-state index contributed by atoms with van der Waals surface area (Å²) in [7, 11) is 2.68. The maximum atomic E-state index is 11.8. The lowest BCUT2D eigenvalue weighted by molar-refractivity contribution is -0.111. The van der Waals surface area contributed by atoms with Crippen LogP contribution in [0.1, 0.15) is 52.7 Å². The van der Waals surface area contributed by atoms with E-state index in [9.17, 15) is 14.4 Å². The summed E-state index contributed by atoms with van der Waals surface area (Å²) in [5.41, 5.74) is 4.13. The summed E-state index contributed by atoms with van der Waals surface area (Å²) >= 11 is 0. The number of hydrogen-bond acceptors (Lipinski definition) is 13. The number of Topliss-reactive ketones (excluding diaryl/α,β-unsaturated/α-hetero) is 1. The minimum atomic E-state index is -0.437. The van der Waals surface area contributed by atoms with Gasteiger partial charge >= 0.3 is 12.2 Å². The second kappa shape index (κ2) is 24.6. The molecule has 15 nitrogen and oxygen atoms in total. The van der Waals surface area contributed by atoms with Crippen molar-refractivity contribution in [3.63, 3.8) is 0 Å². The number of oxime groups is 3. The van der Waals surface area contributed by atoms with E-state index in [1.54, 1.807) is 26.8 Å². The van der Waals surface area contributed by atoms with Crippen molar-refractivity contribution in [2.45, 2.75) is 54.8 Å². The zero-order chi connectivity index (χ0) is 34.4. The number of ether oxygens (including phenoxy) is 2. The van der Waals surface area contributed by atoms with Gasteiger partial charge in [0.25, 0.3) is 0 Å². The second-order valence-electron chi connectivity index (χ2n) is 8.83. The summed E-state index contributed by atoms with van der Waals surface area (Å²) in [6, 6.07) is 14.7. The molecule has 2 amide bonds. The monoisotopic (exact) mass is 668 g/mol. The van der Waals surface area contributed by atoms with E-state index >= 15 is 0 Å². The number of hydrogen-bond donors (Lipinski definition) is 3. The Hall–Kier alpha value is -4.73. The molecule has 0 bridgehead atoms. The van der Waals surface area contributed by atoms with Gasteiger partial charge in [0.15, 0.2) is 5.78 Å². The van der Waals surface area contributed by atoms with Gasteiger partial charge in [-0.1, -0.05) is 51.9 Å². The molecule has 0 heterocycles. The predicted molar refractivity (Wildman–Crippen MR) is 178 cm³/mol. The van der Waals surface area contributed by atoms with Crippen LogP contribution in [0.25, 0.3) is 0 Å². The highest BCUT2D eigenvalue weighted by atomic mass is 35.5. The Kier molecular flexibility index (Phi) is 23.2. The molecular weight excluding hydrogens is 624 g/mol. The fraction of sp³-hybridized carbons (Fsp3) is 0.400. The van der Waals surface area contributed by atoms with Crippen LogP contribution in [0.5, 0.6) is 0 Å². The number of nitrogens with two attached hydrogens (primary N) is 1. The van der Waals surface area contributed by atoms with Crippen LogP contribution in [0.15, 0.2) is 64.0 Å². The number of methoxy groups -OCH3 is 2. The number of amides is 2. The normalized spacial score (nSPS) is 10.9. The van der Waals surface area contributed by atoms with Crippen molar-refractivity contribution < 1.29 is 43.9 Å². The topological polar surface area (TPSA) is 198 Å². The highest BCUT2D eigenvalue weighted by Crippen LogP contribution is 2.23. The molecule has 46 heavy (non-hydrogen) atoms. The van der Waals surface area contributed by atoms with Gasteiger partial charge in [0.2, 0.25) is 0 Å². The van der Waals surface area contributed by atoms with Gasteiger partial charge in [-0.15, -0.1) is 12.4 Å². The van der Waals surface area contributed by atoms with Crippen LogP contribution in [0, 0.1) is 0 Å². The number of nitrogens with zero attached hydrogens (tertiary/aromatic N) is 5. The molecule has 0 fully saturated rings. The van der Waals surface area contributed by atoms with Gasteiger partial charge in [0.05, 0.1) is 25.6 Å². The van der Waals surface area contributed by atoms with Crippen LogP contribution in [0.2, 0.25) is 0 Å². The minimum absolute atomic E-state index is 0. The first-order valence-corrected chi connectivity index (χ1v) is 13.7. The van der Waals surface area contributed by atoms with Crippen LogP contribution in [0.3, 0.4) is 0 Å². The molecule has 2 rings (SSSR count). The van der Waals surface area contributed by atoms with E-state index in [0.717, 1.165) is 11.1 Å². The van der Waals surface area contributed by atoms with Gasteiger partial charge < -0.3 is 29.6 Å². The first-order valence-electron chi connectivity index (χ1n) is 13.7. The average Bonchev–Trinajstić information content (AvgIpc) is 3.07. The number of ketones is 1. The van der Waals surface area contributed by atoms with E-state index in [-0.39, 0.29) is 31.4 Å². The number of anilines is 2. The molecule has 2 aromatic rings. The van der Waals surface area contributed by atoms with Gasteiger partial charge in [0.1, 0.15) is 30.3 Å². The lowest BCUT2D eigenvalue weighted by atomic mass is 10.1. The van der Waals surface area contributed by atoms with Gasteiger partial charge in [-0.25, -0.2) is 15.5 Å². The van der Waals surface area contributed by atoms with Gasteiger partial charge in [-0.3, -0.25) is 14.6 Å². The largest absolute Gasteiger partial charge is 0.452 e. The average molecular weight is 669 g/mol. The lowest BCUT2D eigenvalue weighted by Crippen LogP contribution is -2.31. The van der Waals surface area contributed by atoms with E-state index < -0.39 is 12.2 Å². The van der Waals surface area contributed by atoms with Gasteiger partial charge in [-0.2, -0.15) is 0 Å². The molecule has 0 saturated heterocycles. The van der Waals surface area contributed by atoms with E-state index in [0.29, 0.717) is 41.6 Å². The number of benzene rings is 2. The minimum Gasteiger partial charge on any atom is -0.452 e. The SMILES string of the molecule is CCN(C(=O)OC)c1ccccc1CO/N=C(C)/C(C)=N/O.CCN(C(=O)OC)c1ccccc1CO/N=C(\C)C(C)=O.Cl.NO. The Morgan fingerprint density at radius 1 is 0.696 bits per heavy atom. The second-order valence-corrected chi connectivity index (χ2v) is 8.83. The van der Waals surface area contributed by atoms with E-state index in [1.807, 2.05) is 56.3 Å². The van der Waals surface area contributed by atoms with Crippen molar-refractivity contribution >= 4 is 58.9 Å². The smallest absolute Gasteiger partial charge is 0.413 e. The molecule has 0 atom stereocenters. The Morgan fingerprint density at radius 2 is 1.07 bits per heavy atom. The first kappa shape index (κ1) is 43.4. The van der Waals surface area contributed by atoms with Crippen molar-refractivity contribution in [1.29, 1.82) is 0 Å². The summed E-state index contributed by atoms with van der Waals surface area (Å²) in [6.45, 7) is 11.3. The van der Waals surface area contributed by atoms with E-state index in [1.165, 1.54) is 30.9 Å². The molecular formula is C30H45ClN6O9. The highest BCUT2D eigenvalue weighted by Gasteiger charge is 2.18. The third kappa shape index (κ3) is 14.4. The van der Waals surface area contributed by atoms with Crippen LogP contribution in [0.4, 0.5) is 21.0 Å². The van der Waals surface area contributed by atoms with Crippen LogP contribution >= 0.6 is 12.4 Å². The molecule has 2 aromatic carbocycles. The standard InChI is InChI=1S/C15H21N3O4.C15H20N2O4.ClH.H3NO/c1-5-18(15(19)21-4)14-9-7-6-8-13(14)10-22-17-12(3)11(2)16-20;1-5-17(15(19)20-4)14-9-7-6-8-13(14)10-21-16-11(2)12(3)18;;1-2/h6-9,20H,5,10H2,1-4H3;6-9H,5,10H2,1-4H3;1H;2H,1H2/b16-11+,17-12+;16-11+;;. The van der Waals surface area contributed by atoms with Gasteiger partial charge in [-0.05, 0) is 46.8 Å². The van der Waals surface area contributed by atoms with Crippen molar-refractivity contribution in [3.8, 4) is 0 Å². The highest BCUT2D eigenvalue weighted by molar-refractivity contribution is 6.40. The number of para-hydroxylation sites is 2. The summed E-state index contributed by atoms with van der Waals surface area (Å²) < 4.78 is 9.54. The number of halogens is 1. The molecule has 256 valence electrons. The van der Waals surface area contributed by atoms with Crippen LogP contribution in [-0.2, 0) is 37.2 Å². The molecule has 0 aromatic heterocycles. The summed E-state index contributed by atoms with van der Waals surface area (Å²) in [5.74, 6) is 3.35. The lowest BCUT2D eigenvalue weighted by Gasteiger charge is -2.21. The van der Waals surface area contributed by atoms with E-state index in [2.05, 4.69) is 21.4 Å². The van der Waals surface area contributed by atoms with Crippen molar-refractivity contribution in [1.82, 2.24) is 0 Å². The molecule has 16 heteroatoms. The third-order valence-electron chi connectivity index (χ3n) is 6.01. The first-order chi connectivity index (χ1) is 21.6. The van der Waals surface area contributed by atoms with Crippen molar-refractivity contribution in [2.75, 3.05) is 37.1 Å². The molecule has 0 spiro atoms. The molecule has 0 saturated carbocycles. The Balaban J connectivity index is 0. The maximum Gasteiger partial charge on any atom is 0.413 e. The Bertz CT molecular complexity index is 1320. The summed E-state index contributed by atoms with van der Waals surface area (Å²) in [6.07, 6.45) is -0.869. The number of rotatable bonds is 12. The molecule has 0 unspecified atom stereocenters. The fourth-order valence-corrected chi connectivity index (χ4v) is 3.41. The summed E-state index contributed by atoms with van der Waals surface area (Å²) in [4.78, 5) is 48.1. The zero-order valence-corrected chi connectivity index (χ0v) is 28.2. The van der Waals surface area contributed by atoms with Gasteiger partial charge in [0, 0.05) is 31.1 Å². The predicted octanol–water partition coefficient (Wildman–Crippen LogP) is 5.54. The third-order valence-corrected chi connectivity index (χ3v) is 6.01. The van der Waals surface area contributed by atoms with Crippen molar-refractivity contribution in [2.24, 2.45) is 21.4 Å².